The highest BCUT2D eigenvalue weighted by Gasteiger charge is 2.34. The highest BCUT2D eigenvalue weighted by Crippen LogP contribution is 2.16. The summed E-state index contributed by atoms with van der Waals surface area (Å²) in [6.45, 7) is 4.90. The van der Waals surface area contributed by atoms with Crippen molar-refractivity contribution in [3.05, 3.63) is 22.6 Å². The Morgan fingerprint density at radius 1 is 1.44 bits per heavy atom. The van der Waals surface area contributed by atoms with E-state index in [-0.39, 0.29) is 6.54 Å². The topological polar surface area (TPSA) is 142 Å². The summed E-state index contributed by atoms with van der Waals surface area (Å²) in [4.78, 5) is 42.9. The zero-order chi connectivity index (χ0) is 20.4. The maximum absolute atomic E-state index is 12.1. The van der Waals surface area contributed by atoms with E-state index in [1.54, 1.807) is 29.6 Å². The van der Waals surface area contributed by atoms with E-state index in [9.17, 15) is 14.5 Å². The molecular weight excluding hydrogens is 370 g/mol. The van der Waals surface area contributed by atoms with Gasteiger partial charge in [-0.1, -0.05) is 5.18 Å². The highest BCUT2D eigenvalue weighted by atomic mass is 32.2. The molecule has 1 heterocycles. The van der Waals surface area contributed by atoms with Crippen LogP contribution in [0.1, 0.15) is 25.2 Å². The number of aliphatic imine (C=N–C) groups is 1. The minimum atomic E-state index is -1.56. The molecule has 0 aliphatic carbocycles. The fourth-order valence-corrected chi connectivity index (χ4v) is 2.91. The van der Waals surface area contributed by atoms with Crippen molar-refractivity contribution >= 4 is 29.3 Å². The smallest absolute Gasteiger partial charge is 0.230 e. The number of imidazole rings is 1. The molecule has 1 aromatic rings. The number of carbonyl (C=O) groups is 2. The van der Waals surface area contributed by atoms with Crippen LogP contribution in [0.25, 0.3) is 0 Å². The summed E-state index contributed by atoms with van der Waals surface area (Å²) >= 11 is 1.63. The molecular formula is C16H23N7O3S. The van der Waals surface area contributed by atoms with Gasteiger partial charge in [0.15, 0.2) is 11.7 Å². The number of ketones is 2. The number of nitriles is 1. The van der Waals surface area contributed by atoms with Crippen molar-refractivity contribution in [2.24, 2.45) is 10.2 Å². The molecule has 0 radical (unpaired) electrons. The van der Waals surface area contributed by atoms with Gasteiger partial charge < -0.3 is 9.88 Å². The molecule has 0 unspecified atom stereocenters. The molecule has 11 heteroatoms. The van der Waals surface area contributed by atoms with Gasteiger partial charge in [0.05, 0.1) is 18.6 Å². The van der Waals surface area contributed by atoms with Gasteiger partial charge in [-0.05, 0) is 20.8 Å². The third-order valence-electron chi connectivity index (χ3n) is 3.73. The molecule has 0 aromatic carbocycles. The number of guanidine groups is 1. The van der Waals surface area contributed by atoms with Crippen LogP contribution < -0.4 is 10.6 Å². The molecule has 1 aromatic heterocycles. The SMILES string of the molecule is CN=C(NC#N)NCCSCc1ncn(CC(=O)C(=O)C(C)(C)N=O)c1C. The summed E-state index contributed by atoms with van der Waals surface area (Å²) in [6.07, 6.45) is 3.30. The molecule has 27 heavy (non-hydrogen) atoms. The van der Waals surface area contributed by atoms with Crippen molar-refractivity contribution in [2.45, 2.75) is 38.6 Å². The van der Waals surface area contributed by atoms with Gasteiger partial charge in [0.1, 0.15) is 0 Å². The summed E-state index contributed by atoms with van der Waals surface area (Å²) in [5, 5.41) is 16.7. The first-order valence-electron chi connectivity index (χ1n) is 8.13. The number of aromatic nitrogens is 2. The Morgan fingerprint density at radius 2 is 2.15 bits per heavy atom. The normalized spacial score (nSPS) is 11.6. The number of nitrogens with one attached hydrogen (secondary N) is 2. The van der Waals surface area contributed by atoms with Crippen molar-refractivity contribution in [3.63, 3.8) is 0 Å². The molecule has 0 fully saturated rings. The number of thioether (sulfide) groups is 1. The standard InChI is InChI=1S/C16H23N7O3S/c1-11-12(8-27-6-5-19-15(18-4)20-9-17)21-10-23(11)7-13(24)14(25)16(2,3)22-26/h10H,5-8H2,1-4H3,(H2,18,19,20). The van der Waals surface area contributed by atoms with E-state index < -0.39 is 17.1 Å². The van der Waals surface area contributed by atoms with Crippen LogP contribution in [0, 0.1) is 23.3 Å². The Labute approximate surface area is 161 Å². The van der Waals surface area contributed by atoms with Crippen LogP contribution in [0.2, 0.25) is 0 Å². The maximum Gasteiger partial charge on any atom is 0.230 e. The highest BCUT2D eigenvalue weighted by molar-refractivity contribution is 7.98. The molecule has 10 nitrogen and oxygen atoms in total. The number of hydrogen-bond donors (Lipinski definition) is 2. The molecule has 0 aliphatic heterocycles. The predicted molar refractivity (Wildman–Crippen MR) is 103 cm³/mol. The molecule has 0 amide bonds. The molecule has 0 saturated carbocycles. The molecule has 0 saturated heterocycles. The van der Waals surface area contributed by atoms with Crippen molar-refractivity contribution in [3.8, 4) is 6.19 Å². The molecule has 0 atom stereocenters. The molecule has 0 bridgehead atoms. The van der Waals surface area contributed by atoms with Crippen LogP contribution in [0.4, 0.5) is 0 Å². The van der Waals surface area contributed by atoms with Gasteiger partial charge in [-0.25, -0.2) is 4.98 Å². The van der Waals surface area contributed by atoms with Gasteiger partial charge in [0, 0.05) is 30.8 Å². The lowest BCUT2D eigenvalue weighted by molar-refractivity contribution is -0.139. The van der Waals surface area contributed by atoms with Crippen LogP contribution in [0.5, 0.6) is 0 Å². The summed E-state index contributed by atoms with van der Waals surface area (Å²) in [6, 6.07) is 0. The van der Waals surface area contributed by atoms with E-state index in [1.165, 1.54) is 20.2 Å². The molecule has 0 aliphatic rings. The molecule has 1 rings (SSSR count). The lowest BCUT2D eigenvalue weighted by Crippen LogP contribution is -2.37. The Morgan fingerprint density at radius 3 is 2.74 bits per heavy atom. The van der Waals surface area contributed by atoms with Crippen LogP contribution in [-0.4, -0.2) is 52.0 Å². The molecule has 146 valence electrons. The van der Waals surface area contributed by atoms with Crippen LogP contribution in [0.3, 0.4) is 0 Å². The second-order valence-corrected chi connectivity index (χ2v) is 7.20. The molecule has 0 spiro atoms. The lowest BCUT2D eigenvalue weighted by Gasteiger charge is -2.13. The summed E-state index contributed by atoms with van der Waals surface area (Å²) in [7, 11) is 1.58. The number of hydrogen-bond acceptors (Lipinski definition) is 8. The maximum atomic E-state index is 12.1. The first kappa shape index (κ1) is 22.3. The van der Waals surface area contributed by atoms with E-state index >= 15 is 0 Å². The first-order chi connectivity index (χ1) is 12.8. The van der Waals surface area contributed by atoms with Gasteiger partial charge in [-0.15, -0.1) is 4.91 Å². The average Bonchev–Trinajstić information content (AvgIpc) is 2.99. The Kier molecular flexibility index (Phi) is 8.61. The monoisotopic (exact) mass is 393 g/mol. The zero-order valence-corrected chi connectivity index (χ0v) is 16.6. The third-order valence-corrected chi connectivity index (χ3v) is 4.70. The Balaban J connectivity index is 2.52. The summed E-state index contributed by atoms with van der Waals surface area (Å²) < 4.78 is 1.59. The zero-order valence-electron chi connectivity index (χ0n) is 15.8. The third kappa shape index (κ3) is 6.49. The number of Topliss-reactive ketones (excluding diaryl/α,β-unsaturated/α-hetero) is 2. The van der Waals surface area contributed by atoms with Gasteiger partial charge in [0.2, 0.25) is 17.5 Å². The first-order valence-corrected chi connectivity index (χ1v) is 9.28. The van der Waals surface area contributed by atoms with Gasteiger partial charge in [-0.3, -0.25) is 19.9 Å². The van der Waals surface area contributed by atoms with Crippen LogP contribution in [-0.2, 0) is 21.9 Å². The van der Waals surface area contributed by atoms with E-state index in [2.05, 4.69) is 25.8 Å². The van der Waals surface area contributed by atoms with Crippen molar-refractivity contribution < 1.29 is 9.59 Å². The number of carbonyl (C=O) groups excluding carboxylic acids is 2. The second kappa shape index (κ2) is 10.4. The van der Waals surface area contributed by atoms with E-state index in [4.69, 9.17) is 5.26 Å². The van der Waals surface area contributed by atoms with Gasteiger partial charge >= 0.3 is 0 Å². The summed E-state index contributed by atoms with van der Waals surface area (Å²) in [5.41, 5.74) is 0.0427. The quantitative estimate of drug-likeness (QED) is 0.113. The summed E-state index contributed by atoms with van der Waals surface area (Å²) in [5.74, 6) is 0.310. The van der Waals surface area contributed by atoms with E-state index in [1.807, 2.05) is 6.92 Å². The van der Waals surface area contributed by atoms with Crippen LogP contribution >= 0.6 is 11.8 Å². The predicted octanol–water partition coefficient (Wildman–Crippen LogP) is 0.754. The Hall–Kier alpha value is -2.74. The fraction of sp³-hybridized carbons (Fsp3) is 0.562. The van der Waals surface area contributed by atoms with Crippen molar-refractivity contribution in [1.29, 1.82) is 5.26 Å². The van der Waals surface area contributed by atoms with E-state index in [0.717, 1.165) is 17.1 Å². The number of rotatable bonds is 10. The number of nitroso groups, excluding NO2 is 1. The van der Waals surface area contributed by atoms with E-state index in [0.29, 0.717) is 18.3 Å². The van der Waals surface area contributed by atoms with Crippen LogP contribution in [0.15, 0.2) is 16.5 Å². The average molecular weight is 393 g/mol. The second-order valence-electron chi connectivity index (χ2n) is 6.10. The lowest BCUT2D eigenvalue weighted by atomic mass is 9.97. The fourth-order valence-electron chi connectivity index (χ4n) is 2.04. The molecule has 2 N–H and O–H groups in total. The minimum absolute atomic E-state index is 0.168. The van der Waals surface area contributed by atoms with Crippen molar-refractivity contribution in [2.75, 3.05) is 19.3 Å². The van der Waals surface area contributed by atoms with Crippen molar-refractivity contribution in [1.82, 2.24) is 20.2 Å². The largest absolute Gasteiger partial charge is 0.355 e. The number of nitrogens with zero attached hydrogens (tertiary/aromatic N) is 5. The van der Waals surface area contributed by atoms with Gasteiger partial charge in [-0.2, -0.15) is 17.0 Å². The Bertz CT molecular complexity index is 765. The van der Waals surface area contributed by atoms with Gasteiger partial charge in [0.25, 0.3) is 0 Å². The minimum Gasteiger partial charge on any atom is -0.355 e.